The molecule has 2 fully saturated rings. The first-order valence-electron chi connectivity index (χ1n) is 17.2. The summed E-state index contributed by atoms with van der Waals surface area (Å²) in [7, 11) is 0. The third-order valence-electron chi connectivity index (χ3n) is 8.73. The number of hydrogen-bond donors (Lipinski definition) is 8. The van der Waals surface area contributed by atoms with Crippen LogP contribution in [0.25, 0.3) is 0 Å². The summed E-state index contributed by atoms with van der Waals surface area (Å²) in [5.41, 5.74) is 6.37. The number of rotatable bonds is 11. The van der Waals surface area contributed by atoms with Crippen LogP contribution in [-0.4, -0.2) is 112 Å². The summed E-state index contributed by atoms with van der Waals surface area (Å²) >= 11 is 0. The van der Waals surface area contributed by atoms with Crippen molar-refractivity contribution in [3.8, 4) is 0 Å². The van der Waals surface area contributed by atoms with E-state index in [1.54, 1.807) is 44.2 Å². The molecule has 2 aliphatic heterocycles. The lowest BCUT2D eigenvalue weighted by Crippen LogP contribution is -2.63. The van der Waals surface area contributed by atoms with E-state index in [1.807, 2.05) is 0 Å². The Kier molecular flexibility index (Phi) is 15.1. The molecule has 0 bridgehead atoms. The Hall–Kier alpha value is -4.57. The highest BCUT2D eigenvalue weighted by atomic mass is 16.4. The quantitative estimate of drug-likeness (QED) is 0.127. The summed E-state index contributed by atoms with van der Waals surface area (Å²) < 4.78 is 0. The highest BCUT2D eigenvalue weighted by Crippen LogP contribution is 2.21. The number of fused-ring (bicyclic) bond motifs is 1. The number of amides is 6. The van der Waals surface area contributed by atoms with Crippen LogP contribution in [0, 0.1) is 5.92 Å². The maximum Gasteiger partial charge on any atom is 0.305 e. The Morgan fingerprint density at radius 2 is 1.42 bits per heavy atom. The lowest BCUT2D eigenvalue weighted by Gasteiger charge is -2.32. The number of aliphatic hydroxyl groups excluding tert-OH is 1. The van der Waals surface area contributed by atoms with E-state index in [9.17, 15) is 43.8 Å². The minimum Gasteiger partial charge on any atom is -0.481 e. The molecule has 1 aromatic rings. The normalized spacial score (nSPS) is 26.5. The van der Waals surface area contributed by atoms with Crippen molar-refractivity contribution in [3.63, 3.8) is 0 Å². The van der Waals surface area contributed by atoms with Gasteiger partial charge in [-0.1, -0.05) is 44.2 Å². The highest BCUT2D eigenvalue weighted by molar-refractivity contribution is 5.99. The van der Waals surface area contributed by atoms with Gasteiger partial charge in [-0.05, 0) is 63.5 Å². The van der Waals surface area contributed by atoms with Gasteiger partial charge < -0.3 is 47.4 Å². The SMILES string of the molecule is CC(C)C[C@@H]1NC(=O)[C@H](Cc2ccccc2)NC(=O)[C@H]2CCCN2C(=O)[C@H](CCCCN)NC(=O)[C@H]([C@@H](C)O)NC(=O)[C@H](CC(=O)O)NC1=O. The molecule has 2 heterocycles. The van der Waals surface area contributed by atoms with Crippen molar-refractivity contribution >= 4 is 41.4 Å². The van der Waals surface area contributed by atoms with Gasteiger partial charge in [0.25, 0.3) is 0 Å². The van der Waals surface area contributed by atoms with E-state index in [2.05, 4.69) is 26.6 Å². The van der Waals surface area contributed by atoms with E-state index in [4.69, 9.17) is 5.73 Å². The molecule has 2 saturated heterocycles. The molecule has 1 aromatic carbocycles. The zero-order chi connectivity index (χ0) is 37.0. The third-order valence-corrected chi connectivity index (χ3v) is 8.73. The molecule has 0 aromatic heterocycles. The van der Waals surface area contributed by atoms with Crippen molar-refractivity contribution in [2.45, 2.75) is 114 Å². The van der Waals surface area contributed by atoms with Crippen LogP contribution in [0.15, 0.2) is 30.3 Å². The van der Waals surface area contributed by atoms with Crippen molar-refractivity contribution in [1.82, 2.24) is 31.5 Å². The molecule has 16 heteroatoms. The van der Waals surface area contributed by atoms with Crippen LogP contribution in [0.2, 0.25) is 0 Å². The number of nitrogens with zero attached hydrogens (tertiary/aromatic N) is 1. The van der Waals surface area contributed by atoms with Crippen molar-refractivity contribution in [2.75, 3.05) is 13.1 Å². The van der Waals surface area contributed by atoms with Crippen molar-refractivity contribution in [1.29, 1.82) is 0 Å². The summed E-state index contributed by atoms with van der Waals surface area (Å²) in [6.07, 6.45) is -0.327. The smallest absolute Gasteiger partial charge is 0.305 e. The molecule has 0 saturated carbocycles. The van der Waals surface area contributed by atoms with Crippen LogP contribution >= 0.6 is 0 Å². The Morgan fingerprint density at radius 3 is 2.04 bits per heavy atom. The predicted molar refractivity (Wildman–Crippen MR) is 181 cm³/mol. The Balaban J connectivity index is 2.09. The number of nitrogens with two attached hydrogens (primary N) is 1. The van der Waals surface area contributed by atoms with Gasteiger partial charge in [0.05, 0.1) is 12.5 Å². The maximum absolute atomic E-state index is 14.0. The van der Waals surface area contributed by atoms with Gasteiger partial charge in [-0.25, -0.2) is 0 Å². The number of aliphatic carboxylic acids is 1. The number of unbranched alkanes of at least 4 members (excludes halogenated alkanes) is 1. The van der Waals surface area contributed by atoms with E-state index in [1.165, 1.54) is 11.8 Å². The van der Waals surface area contributed by atoms with Gasteiger partial charge in [-0.3, -0.25) is 33.6 Å². The molecule has 0 unspecified atom stereocenters. The van der Waals surface area contributed by atoms with E-state index in [-0.39, 0.29) is 31.7 Å². The predicted octanol–water partition coefficient (Wildman–Crippen LogP) is -1.31. The van der Waals surface area contributed by atoms with E-state index in [0.717, 1.165) is 0 Å². The first-order chi connectivity index (χ1) is 23.7. The third kappa shape index (κ3) is 11.5. The molecule has 2 aliphatic rings. The molecule has 0 aliphatic carbocycles. The average molecular weight is 702 g/mol. The van der Waals surface area contributed by atoms with E-state index < -0.39 is 90.2 Å². The molecule has 16 nitrogen and oxygen atoms in total. The minimum atomic E-state index is -1.70. The van der Waals surface area contributed by atoms with E-state index in [0.29, 0.717) is 37.8 Å². The minimum absolute atomic E-state index is 0.0532. The topological polar surface area (TPSA) is 249 Å². The van der Waals surface area contributed by atoms with Gasteiger partial charge in [0.2, 0.25) is 35.4 Å². The van der Waals surface area contributed by atoms with E-state index >= 15 is 0 Å². The van der Waals surface area contributed by atoms with Crippen LogP contribution in [0.4, 0.5) is 0 Å². The molecule has 6 amide bonds. The molecule has 276 valence electrons. The van der Waals surface area contributed by atoms with Crippen LogP contribution in [-0.2, 0) is 40.0 Å². The number of carboxylic acid groups (broad SMARTS) is 1. The monoisotopic (exact) mass is 701 g/mol. The fourth-order valence-electron chi connectivity index (χ4n) is 6.13. The lowest BCUT2D eigenvalue weighted by atomic mass is 10.00. The second kappa shape index (κ2) is 19.0. The molecule has 50 heavy (non-hydrogen) atoms. The Morgan fingerprint density at radius 1 is 0.820 bits per heavy atom. The molecule has 0 spiro atoms. The van der Waals surface area contributed by atoms with Crippen molar-refractivity contribution in [3.05, 3.63) is 35.9 Å². The highest BCUT2D eigenvalue weighted by Gasteiger charge is 2.41. The second-order valence-electron chi connectivity index (χ2n) is 13.4. The lowest BCUT2D eigenvalue weighted by molar-refractivity contribution is -0.144. The molecular weight excluding hydrogens is 650 g/mol. The number of nitrogens with one attached hydrogen (secondary N) is 5. The zero-order valence-corrected chi connectivity index (χ0v) is 28.9. The average Bonchev–Trinajstić information content (AvgIpc) is 3.55. The second-order valence-corrected chi connectivity index (χ2v) is 13.4. The van der Waals surface area contributed by atoms with Crippen LogP contribution in [0.3, 0.4) is 0 Å². The molecule has 9 N–H and O–H groups in total. The van der Waals surface area contributed by atoms with Crippen LogP contribution < -0.4 is 32.3 Å². The summed E-state index contributed by atoms with van der Waals surface area (Å²) in [6.45, 7) is 5.37. The number of carbonyl (C=O) groups is 7. The Labute approximate surface area is 291 Å². The maximum atomic E-state index is 14.0. The van der Waals surface area contributed by atoms with Crippen molar-refractivity contribution < 1.29 is 43.8 Å². The number of benzene rings is 1. The molecule has 3 rings (SSSR count). The van der Waals surface area contributed by atoms with Crippen LogP contribution in [0.5, 0.6) is 0 Å². The zero-order valence-electron chi connectivity index (χ0n) is 28.9. The fraction of sp³-hybridized carbons (Fsp3) is 0.618. The largest absolute Gasteiger partial charge is 0.481 e. The van der Waals surface area contributed by atoms with Gasteiger partial charge in [0.15, 0.2) is 0 Å². The number of carboxylic acids is 1. The molecule has 0 radical (unpaired) electrons. The standard InChI is InChI=1S/C34H51N7O9/c1-19(2)16-23-29(45)38-25(18-27(43)44)31(47)40-28(20(3)42)33(49)36-22(12-7-8-14-35)34(50)41-15-9-13-26(41)32(48)39-24(30(46)37-23)17-21-10-5-4-6-11-21/h4-6,10-11,19-20,22-26,28,42H,7-9,12-18,35H2,1-3H3,(H,36,49)(H,37,46)(H,38,45)(H,39,48)(H,40,47)(H,43,44)/t20-,22+,23+,24+,25+,26-,28+/m1/s1. The van der Waals surface area contributed by atoms with Gasteiger partial charge in [-0.15, -0.1) is 0 Å². The van der Waals surface area contributed by atoms with Gasteiger partial charge >= 0.3 is 5.97 Å². The fourth-order valence-corrected chi connectivity index (χ4v) is 6.13. The Bertz CT molecular complexity index is 1370. The summed E-state index contributed by atoms with van der Waals surface area (Å²) in [6, 6.07) is 1.03. The first-order valence-corrected chi connectivity index (χ1v) is 17.2. The van der Waals surface area contributed by atoms with Gasteiger partial charge in [0, 0.05) is 13.0 Å². The number of carbonyl (C=O) groups excluding carboxylic acids is 6. The summed E-state index contributed by atoms with van der Waals surface area (Å²) in [4.78, 5) is 95.5. The van der Waals surface area contributed by atoms with Crippen LogP contribution in [0.1, 0.15) is 71.3 Å². The molecular formula is C34H51N7O9. The van der Waals surface area contributed by atoms with Crippen molar-refractivity contribution in [2.24, 2.45) is 11.7 Å². The number of aliphatic hydroxyl groups is 1. The number of hydrogen-bond acceptors (Lipinski definition) is 9. The molecule has 7 atom stereocenters. The summed E-state index contributed by atoms with van der Waals surface area (Å²) in [5, 5.41) is 32.9. The van der Waals surface area contributed by atoms with Gasteiger partial charge in [-0.2, -0.15) is 0 Å². The van der Waals surface area contributed by atoms with Gasteiger partial charge in [0.1, 0.15) is 36.3 Å². The summed E-state index contributed by atoms with van der Waals surface area (Å²) in [5.74, 6) is -6.26. The first kappa shape index (κ1) is 39.9.